The van der Waals surface area contributed by atoms with Gasteiger partial charge in [-0.25, -0.2) is 0 Å². The molecule has 2 saturated heterocycles. The van der Waals surface area contributed by atoms with E-state index in [9.17, 15) is 0 Å². The van der Waals surface area contributed by atoms with Crippen molar-refractivity contribution in [2.75, 3.05) is 46.5 Å². The van der Waals surface area contributed by atoms with Gasteiger partial charge in [-0.1, -0.05) is 30.3 Å². The van der Waals surface area contributed by atoms with Crippen LogP contribution in [0.4, 0.5) is 0 Å². The maximum atomic E-state index is 5.71. The van der Waals surface area contributed by atoms with Crippen LogP contribution in [0.25, 0.3) is 0 Å². The number of piperidine rings is 1. The number of halogens is 1. The van der Waals surface area contributed by atoms with Crippen LogP contribution in [0.5, 0.6) is 0 Å². The molecule has 2 N–H and O–H groups in total. The molecule has 1 aromatic rings. The molecule has 0 radical (unpaired) electrons. The summed E-state index contributed by atoms with van der Waals surface area (Å²) in [4.78, 5) is 6.91. The van der Waals surface area contributed by atoms with Crippen LogP contribution in [-0.2, 0) is 16.0 Å². The van der Waals surface area contributed by atoms with E-state index in [1.165, 1.54) is 12.0 Å². The minimum absolute atomic E-state index is 0. The van der Waals surface area contributed by atoms with Gasteiger partial charge in [0.15, 0.2) is 5.96 Å². The third kappa shape index (κ3) is 9.19. The van der Waals surface area contributed by atoms with E-state index in [-0.39, 0.29) is 24.0 Å². The average Bonchev–Trinajstić information content (AvgIpc) is 3.25. The van der Waals surface area contributed by atoms with Gasteiger partial charge >= 0.3 is 0 Å². The molecule has 2 aliphatic heterocycles. The molecule has 2 fully saturated rings. The summed E-state index contributed by atoms with van der Waals surface area (Å²) in [6, 6.07) is 11.2. The second-order valence-corrected chi connectivity index (χ2v) is 7.74. The molecule has 29 heavy (non-hydrogen) atoms. The minimum Gasteiger partial charge on any atom is -0.379 e. The third-order valence-electron chi connectivity index (χ3n) is 5.49. The first kappa shape index (κ1) is 24.4. The molecule has 1 aromatic carbocycles. The molecule has 6 nitrogen and oxygen atoms in total. The topological polar surface area (TPSA) is 58.1 Å². The lowest BCUT2D eigenvalue weighted by atomic mass is 10.0. The summed E-state index contributed by atoms with van der Waals surface area (Å²) in [5.41, 5.74) is 1.40. The largest absolute Gasteiger partial charge is 0.379 e. The first-order valence-corrected chi connectivity index (χ1v) is 10.8. The standard InChI is InChI=1S/C22H36N4O2.HI/c1-23-22(24-12-6-15-27-18-21-9-5-16-28-21)25-20-10-13-26(14-11-20)17-19-7-3-2-4-8-19;/h2-4,7-8,20-21H,5-6,9-18H2,1H3,(H2,23,24,25);1H. The van der Waals surface area contributed by atoms with Gasteiger partial charge in [0, 0.05) is 52.5 Å². The van der Waals surface area contributed by atoms with Crippen LogP contribution in [0.3, 0.4) is 0 Å². The molecule has 0 aromatic heterocycles. The lowest BCUT2D eigenvalue weighted by Crippen LogP contribution is -2.48. The fourth-order valence-electron chi connectivity index (χ4n) is 3.84. The number of hydrogen-bond donors (Lipinski definition) is 2. The summed E-state index contributed by atoms with van der Waals surface area (Å²) < 4.78 is 11.3. The van der Waals surface area contributed by atoms with Gasteiger partial charge in [0.2, 0.25) is 0 Å². The molecule has 0 bridgehead atoms. The Labute approximate surface area is 192 Å². The van der Waals surface area contributed by atoms with Crippen molar-refractivity contribution in [3.63, 3.8) is 0 Å². The first-order valence-electron chi connectivity index (χ1n) is 10.8. The van der Waals surface area contributed by atoms with Crippen LogP contribution < -0.4 is 10.6 Å². The molecule has 0 amide bonds. The van der Waals surface area contributed by atoms with E-state index < -0.39 is 0 Å². The average molecular weight is 516 g/mol. The van der Waals surface area contributed by atoms with E-state index in [0.29, 0.717) is 12.1 Å². The van der Waals surface area contributed by atoms with Crippen LogP contribution in [0.2, 0.25) is 0 Å². The summed E-state index contributed by atoms with van der Waals surface area (Å²) in [6.45, 7) is 6.56. The van der Waals surface area contributed by atoms with Gasteiger partial charge in [-0.15, -0.1) is 24.0 Å². The van der Waals surface area contributed by atoms with Gasteiger partial charge in [0.05, 0.1) is 12.7 Å². The molecule has 1 atom stereocenters. The van der Waals surface area contributed by atoms with Gasteiger partial charge < -0.3 is 20.1 Å². The Morgan fingerprint density at radius 2 is 2.00 bits per heavy atom. The maximum Gasteiger partial charge on any atom is 0.191 e. The summed E-state index contributed by atoms with van der Waals surface area (Å²) in [5, 5.41) is 6.99. The molecule has 3 rings (SSSR count). The van der Waals surface area contributed by atoms with Gasteiger partial charge in [-0.05, 0) is 37.7 Å². The smallest absolute Gasteiger partial charge is 0.191 e. The van der Waals surface area contributed by atoms with Gasteiger partial charge in [-0.2, -0.15) is 0 Å². The number of guanidine groups is 1. The number of ether oxygens (including phenoxy) is 2. The van der Waals surface area contributed by atoms with Gasteiger partial charge in [0.1, 0.15) is 0 Å². The Morgan fingerprint density at radius 1 is 1.21 bits per heavy atom. The van der Waals surface area contributed by atoms with Crippen LogP contribution in [0, 0.1) is 0 Å². The first-order chi connectivity index (χ1) is 13.8. The molecule has 0 aliphatic carbocycles. The zero-order valence-corrected chi connectivity index (χ0v) is 20.0. The fourth-order valence-corrected chi connectivity index (χ4v) is 3.84. The van der Waals surface area contributed by atoms with E-state index >= 15 is 0 Å². The molecule has 7 heteroatoms. The van der Waals surface area contributed by atoms with E-state index in [1.54, 1.807) is 0 Å². The maximum absolute atomic E-state index is 5.71. The number of aliphatic imine (C=N–C) groups is 1. The number of hydrogen-bond acceptors (Lipinski definition) is 4. The molecule has 0 saturated carbocycles. The number of likely N-dealkylation sites (tertiary alicyclic amines) is 1. The highest BCUT2D eigenvalue weighted by molar-refractivity contribution is 14.0. The van der Waals surface area contributed by atoms with Crippen LogP contribution >= 0.6 is 24.0 Å². The summed E-state index contributed by atoms with van der Waals surface area (Å²) in [7, 11) is 1.84. The van der Waals surface area contributed by atoms with E-state index in [1.807, 2.05) is 7.05 Å². The third-order valence-corrected chi connectivity index (χ3v) is 5.49. The molecular weight excluding hydrogens is 479 g/mol. The Bertz CT molecular complexity index is 573. The lowest BCUT2D eigenvalue weighted by Gasteiger charge is -2.33. The summed E-state index contributed by atoms with van der Waals surface area (Å²) >= 11 is 0. The zero-order valence-electron chi connectivity index (χ0n) is 17.6. The van der Waals surface area contributed by atoms with E-state index in [2.05, 4.69) is 50.9 Å². The van der Waals surface area contributed by atoms with Crippen LogP contribution in [-0.4, -0.2) is 69.5 Å². The van der Waals surface area contributed by atoms with Crippen molar-refractivity contribution in [3.8, 4) is 0 Å². The Balaban J connectivity index is 0.00000300. The molecule has 1 unspecified atom stereocenters. The number of rotatable bonds is 9. The highest BCUT2D eigenvalue weighted by Gasteiger charge is 2.20. The fraction of sp³-hybridized carbons (Fsp3) is 0.682. The second kappa shape index (κ2) is 14.2. The van der Waals surface area contributed by atoms with Gasteiger partial charge in [-0.3, -0.25) is 9.89 Å². The monoisotopic (exact) mass is 516 g/mol. The molecular formula is C22H37IN4O2. The van der Waals surface area contributed by atoms with Crippen LogP contribution in [0.15, 0.2) is 35.3 Å². The van der Waals surface area contributed by atoms with Crippen molar-refractivity contribution in [2.45, 2.75) is 50.8 Å². The molecule has 2 heterocycles. The zero-order chi connectivity index (χ0) is 19.4. The summed E-state index contributed by atoms with van der Waals surface area (Å²) in [6.07, 6.45) is 5.90. The lowest BCUT2D eigenvalue weighted by molar-refractivity contribution is 0.0168. The highest BCUT2D eigenvalue weighted by atomic mass is 127. The van der Waals surface area contributed by atoms with Crippen molar-refractivity contribution < 1.29 is 9.47 Å². The summed E-state index contributed by atoms with van der Waals surface area (Å²) in [5.74, 6) is 0.903. The van der Waals surface area contributed by atoms with Crippen molar-refractivity contribution >= 4 is 29.9 Å². The van der Waals surface area contributed by atoms with E-state index in [4.69, 9.17) is 9.47 Å². The Hall–Kier alpha value is -0.900. The van der Waals surface area contributed by atoms with Crippen molar-refractivity contribution in [1.82, 2.24) is 15.5 Å². The van der Waals surface area contributed by atoms with Gasteiger partial charge in [0.25, 0.3) is 0 Å². The highest BCUT2D eigenvalue weighted by Crippen LogP contribution is 2.14. The predicted octanol–water partition coefficient (Wildman–Crippen LogP) is 3.02. The SMILES string of the molecule is CN=C(NCCCOCC1CCCO1)NC1CCN(Cc2ccccc2)CC1.I. The Kier molecular flexibility index (Phi) is 11.9. The van der Waals surface area contributed by atoms with Crippen LogP contribution in [0.1, 0.15) is 37.7 Å². The minimum atomic E-state index is 0. The number of nitrogens with one attached hydrogen (secondary N) is 2. The van der Waals surface area contributed by atoms with Crippen molar-refractivity contribution in [1.29, 1.82) is 0 Å². The molecule has 164 valence electrons. The van der Waals surface area contributed by atoms with E-state index in [0.717, 1.165) is 77.6 Å². The molecule has 2 aliphatic rings. The Morgan fingerprint density at radius 3 is 2.69 bits per heavy atom. The predicted molar refractivity (Wildman–Crippen MR) is 129 cm³/mol. The quantitative estimate of drug-likeness (QED) is 0.229. The van der Waals surface area contributed by atoms with Crippen molar-refractivity contribution in [3.05, 3.63) is 35.9 Å². The number of nitrogens with zero attached hydrogens (tertiary/aromatic N) is 2. The number of benzene rings is 1. The van der Waals surface area contributed by atoms with Crippen molar-refractivity contribution in [2.24, 2.45) is 4.99 Å². The molecule has 0 spiro atoms. The normalized spacial score (nSPS) is 21.0. The second-order valence-electron chi connectivity index (χ2n) is 7.74.